The molecule has 1 nitrogen and oxygen atoms in total. The first-order valence-corrected chi connectivity index (χ1v) is 8.41. The van der Waals surface area contributed by atoms with Gasteiger partial charge in [0.05, 0.1) is 0 Å². The van der Waals surface area contributed by atoms with Gasteiger partial charge in [0.1, 0.15) is 0 Å². The summed E-state index contributed by atoms with van der Waals surface area (Å²) >= 11 is 1.84. The second-order valence-corrected chi connectivity index (χ2v) is 6.95. The van der Waals surface area contributed by atoms with Crippen LogP contribution in [0.5, 0.6) is 0 Å². The van der Waals surface area contributed by atoms with E-state index in [1.807, 2.05) is 11.8 Å². The minimum absolute atomic E-state index is 0.265. The Bertz CT molecular complexity index is 619. The molecule has 0 bridgehead atoms. The summed E-state index contributed by atoms with van der Waals surface area (Å²) in [4.78, 5) is 2.63. The van der Waals surface area contributed by atoms with Crippen LogP contribution in [0.4, 0.5) is 0 Å². The van der Waals surface area contributed by atoms with Crippen molar-refractivity contribution < 1.29 is 0 Å². The molecule has 2 aromatic rings. The van der Waals surface area contributed by atoms with E-state index in [-0.39, 0.29) is 6.04 Å². The molecule has 112 valence electrons. The first kappa shape index (κ1) is 16.1. The van der Waals surface area contributed by atoms with Gasteiger partial charge >= 0.3 is 0 Å². The Labute approximate surface area is 133 Å². The largest absolute Gasteiger partial charge is 0.327 e. The van der Waals surface area contributed by atoms with Crippen LogP contribution in [0.2, 0.25) is 0 Å². The molecular formula is C19H25NS. The van der Waals surface area contributed by atoms with E-state index in [2.05, 4.69) is 64.1 Å². The molecule has 0 saturated heterocycles. The molecule has 1 unspecified atom stereocenters. The summed E-state index contributed by atoms with van der Waals surface area (Å²) in [6, 6.07) is 13.6. The molecule has 0 spiro atoms. The zero-order chi connectivity index (χ0) is 15.4. The van der Waals surface area contributed by atoms with Gasteiger partial charge in [0.15, 0.2) is 0 Å². The summed E-state index contributed by atoms with van der Waals surface area (Å²) in [6.45, 7) is 8.64. The average Bonchev–Trinajstić information content (AvgIpc) is 2.44. The fourth-order valence-electron chi connectivity index (χ4n) is 2.43. The molecule has 1 atom stereocenters. The molecule has 0 heterocycles. The quantitative estimate of drug-likeness (QED) is 0.836. The SMILES string of the molecule is CCC(N)Cc1ccc(Sc2ccc(C)cc2C)cc1C. The van der Waals surface area contributed by atoms with Gasteiger partial charge in [0.2, 0.25) is 0 Å². The zero-order valence-electron chi connectivity index (χ0n) is 13.4. The van der Waals surface area contributed by atoms with E-state index in [4.69, 9.17) is 5.73 Å². The van der Waals surface area contributed by atoms with Gasteiger partial charge in [-0.25, -0.2) is 0 Å². The first-order valence-electron chi connectivity index (χ1n) is 7.59. The van der Waals surface area contributed by atoms with Gasteiger partial charge in [-0.05, 0) is 68.5 Å². The lowest BCUT2D eigenvalue weighted by molar-refractivity contribution is 0.644. The second kappa shape index (κ2) is 7.15. The molecule has 0 radical (unpaired) electrons. The van der Waals surface area contributed by atoms with Crippen molar-refractivity contribution in [2.45, 2.75) is 56.4 Å². The Morgan fingerprint density at radius 1 is 1.00 bits per heavy atom. The van der Waals surface area contributed by atoms with Crippen LogP contribution in [0.25, 0.3) is 0 Å². The number of nitrogens with two attached hydrogens (primary N) is 1. The number of hydrogen-bond donors (Lipinski definition) is 1. The van der Waals surface area contributed by atoms with Crippen LogP contribution >= 0.6 is 11.8 Å². The molecule has 2 N–H and O–H groups in total. The summed E-state index contributed by atoms with van der Waals surface area (Å²) in [5.74, 6) is 0. The molecule has 0 amide bonds. The van der Waals surface area contributed by atoms with Gasteiger partial charge < -0.3 is 5.73 Å². The average molecular weight is 299 g/mol. The summed E-state index contributed by atoms with van der Waals surface area (Å²) < 4.78 is 0. The van der Waals surface area contributed by atoms with E-state index in [0.29, 0.717) is 0 Å². The molecule has 21 heavy (non-hydrogen) atoms. The predicted molar refractivity (Wildman–Crippen MR) is 93.2 cm³/mol. The highest BCUT2D eigenvalue weighted by molar-refractivity contribution is 7.99. The summed E-state index contributed by atoms with van der Waals surface area (Å²) in [5.41, 5.74) is 11.4. The van der Waals surface area contributed by atoms with Crippen molar-refractivity contribution in [3.8, 4) is 0 Å². The minimum atomic E-state index is 0.265. The van der Waals surface area contributed by atoms with E-state index in [0.717, 1.165) is 12.8 Å². The highest BCUT2D eigenvalue weighted by atomic mass is 32.2. The third-order valence-corrected chi connectivity index (χ3v) is 5.05. The Kier molecular flexibility index (Phi) is 5.49. The molecule has 0 aliphatic heterocycles. The van der Waals surface area contributed by atoms with Crippen molar-refractivity contribution in [1.29, 1.82) is 0 Å². The van der Waals surface area contributed by atoms with Crippen molar-refractivity contribution in [3.05, 3.63) is 58.7 Å². The van der Waals surface area contributed by atoms with Gasteiger partial charge in [-0.2, -0.15) is 0 Å². The van der Waals surface area contributed by atoms with Crippen LogP contribution in [-0.2, 0) is 6.42 Å². The Morgan fingerprint density at radius 2 is 1.76 bits per heavy atom. The third-order valence-electron chi connectivity index (χ3n) is 3.88. The Hall–Kier alpha value is -1.25. The molecule has 0 aromatic heterocycles. The maximum Gasteiger partial charge on any atom is 0.0151 e. The summed E-state index contributed by atoms with van der Waals surface area (Å²) in [6.07, 6.45) is 2.00. The van der Waals surface area contributed by atoms with Crippen LogP contribution < -0.4 is 5.73 Å². The van der Waals surface area contributed by atoms with E-state index in [1.165, 1.54) is 32.0 Å². The molecule has 0 aliphatic carbocycles. The zero-order valence-corrected chi connectivity index (χ0v) is 14.3. The normalized spacial score (nSPS) is 12.4. The molecular weight excluding hydrogens is 274 g/mol. The number of aryl methyl sites for hydroxylation is 3. The predicted octanol–water partition coefficient (Wildman–Crippen LogP) is 5.04. The van der Waals surface area contributed by atoms with Gasteiger partial charge in [-0.3, -0.25) is 0 Å². The van der Waals surface area contributed by atoms with Crippen LogP contribution in [0.3, 0.4) is 0 Å². The maximum absolute atomic E-state index is 6.06. The van der Waals surface area contributed by atoms with E-state index in [9.17, 15) is 0 Å². The molecule has 2 heteroatoms. The smallest absolute Gasteiger partial charge is 0.0151 e. The van der Waals surface area contributed by atoms with Crippen LogP contribution in [-0.4, -0.2) is 6.04 Å². The number of hydrogen-bond acceptors (Lipinski definition) is 2. The van der Waals surface area contributed by atoms with Crippen LogP contribution in [0, 0.1) is 20.8 Å². The van der Waals surface area contributed by atoms with Crippen LogP contribution in [0.1, 0.15) is 35.6 Å². The van der Waals surface area contributed by atoms with Crippen molar-refractivity contribution in [3.63, 3.8) is 0 Å². The molecule has 0 aliphatic rings. The first-order chi connectivity index (χ1) is 9.99. The molecule has 2 rings (SSSR count). The van der Waals surface area contributed by atoms with Crippen molar-refractivity contribution in [1.82, 2.24) is 0 Å². The Balaban J connectivity index is 2.16. The highest BCUT2D eigenvalue weighted by Gasteiger charge is 2.07. The number of rotatable bonds is 5. The lowest BCUT2D eigenvalue weighted by Gasteiger charge is -2.13. The van der Waals surface area contributed by atoms with Gasteiger partial charge in [0.25, 0.3) is 0 Å². The molecule has 0 saturated carbocycles. The van der Waals surface area contributed by atoms with Gasteiger partial charge in [-0.1, -0.05) is 42.4 Å². The lowest BCUT2D eigenvalue weighted by Crippen LogP contribution is -2.21. The lowest BCUT2D eigenvalue weighted by atomic mass is 10.0. The van der Waals surface area contributed by atoms with E-state index < -0.39 is 0 Å². The van der Waals surface area contributed by atoms with Crippen molar-refractivity contribution >= 4 is 11.8 Å². The second-order valence-electron chi connectivity index (χ2n) is 5.83. The van der Waals surface area contributed by atoms with E-state index >= 15 is 0 Å². The highest BCUT2D eigenvalue weighted by Crippen LogP contribution is 2.32. The minimum Gasteiger partial charge on any atom is -0.327 e. The summed E-state index contributed by atoms with van der Waals surface area (Å²) in [7, 11) is 0. The maximum atomic E-state index is 6.06. The van der Waals surface area contributed by atoms with Crippen molar-refractivity contribution in [2.24, 2.45) is 5.73 Å². The monoisotopic (exact) mass is 299 g/mol. The fourth-order valence-corrected chi connectivity index (χ4v) is 3.41. The Morgan fingerprint density at radius 3 is 2.38 bits per heavy atom. The van der Waals surface area contributed by atoms with Crippen LogP contribution in [0.15, 0.2) is 46.2 Å². The van der Waals surface area contributed by atoms with Gasteiger partial charge in [-0.15, -0.1) is 0 Å². The van der Waals surface area contributed by atoms with Gasteiger partial charge in [0, 0.05) is 15.8 Å². The molecule has 0 fully saturated rings. The molecule has 2 aromatic carbocycles. The topological polar surface area (TPSA) is 26.0 Å². The number of benzene rings is 2. The fraction of sp³-hybridized carbons (Fsp3) is 0.368. The summed E-state index contributed by atoms with van der Waals surface area (Å²) in [5, 5.41) is 0. The van der Waals surface area contributed by atoms with E-state index in [1.54, 1.807) is 0 Å². The standard InChI is InChI=1S/C19H25NS/c1-5-17(20)12-16-7-8-18(11-14(16)3)21-19-9-6-13(2)10-15(19)4/h6-11,17H,5,12,20H2,1-4H3. The third kappa shape index (κ3) is 4.36. The van der Waals surface area contributed by atoms with Crippen molar-refractivity contribution in [2.75, 3.05) is 0 Å².